The van der Waals surface area contributed by atoms with Crippen molar-refractivity contribution in [2.45, 2.75) is 32.4 Å². The van der Waals surface area contributed by atoms with E-state index in [-0.39, 0.29) is 17.8 Å². The third-order valence-electron chi connectivity index (χ3n) is 3.98. The van der Waals surface area contributed by atoms with Crippen molar-refractivity contribution in [1.82, 2.24) is 9.88 Å². The molecule has 1 aromatic rings. The molecule has 1 atom stereocenters. The van der Waals surface area contributed by atoms with Crippen LogP contribution in [0, 0.1) is 0 Å². The highest BCUT2D eigenvalue weighted by Gasteiger charge is 2.33. The lowest BCUT2D eigenvalue weighted by Gasteiger charge is -2.42. The summed E-state index contributed by atoms with van der Waals surface area (Å²) in [7, 11) is 2.93. The largest absolute Gasteiger partial charge is 0.464 e. The number of piperazine rings is 1. The number of anilines is 1. The summed E-state index contributed by atoms with van der Waals surface area (Å²) in [6, 6.07) is 3.32. The van der Waals surface area contributed by atoms with Crippen LogP contribution in [0.3, 0.4) is 0 Å². The van der Waals surface area contributed by atoms with E-state index in [1.54, 1.807) is 24.3 Å². The van der Waals surface area contributed by atoms with E-state index in [4.69, 9.17) is 9.47 Å². The van der Waals surface area contributed by atoms with Gasteiger partial charge in [-0.1, -0.05) is 0 Å². The third-order valence-corrected chi connectivity index (χ3v) is 3.98. The molecule has 2 heterocycles. The fourth-order valence-electron chi connectivity index (χ4n) is 2.78. The molecule has 8 nitrogen and oxygen atoms in total. The van der Waals surface area contributed by atoms with Crippen molar-refractivity contribution in [3.63, 3.8) is 0 Å². The molecule has 144 valence electrons. The zero-order valence-electron chi connectivity index (χ0n) is 16.0. The molecule has 2 rings (SSSR count). The number of aromatic nitrogens is 1. The first-order valence-corrected chi connectivity index (χ1v) is 8.53. The summed E-state index contributed by atoms with van der Waals surface area (Å²) in [4.78, 5) is 31.9. The molecule has 0 saturated carbocycles. The molecule has 1 amide bonds. The molecule has 1 fully saturated rings. The standard InChI is InChI=1S/C18H27N3O5/c1-18(2,3)26-17(23)21-9-8-20(11-14(21)12-24-4)13-6-7-15(19-10-13)16(22)25-5/h6-7,10,14H,8-9,11-12H2,1-5H3. The minimum absolute atomic E-state index is 0.135. The van der Waals surface area contributed by atoms with Gasteiger partial charge in [-0.3, -0.25) is 4.90 Å². The number of methoxy groups -OCH3 is 2. The number of carbonyl (C=O) groups excluding carboxylic acids is 2. The van der Waals surface area contributed by atoms with Crippen LogP contribution in [-0.2, 0) is 14.2 Å². The molecular formula is C18H27N3O5. The first kappa shape index (κ1) is 20.0. The Labute approximate surface area is 154 Å². The van der Waals surface area contributed by atoms with Crippen molar-refractivity contribution >= 4 is 17.7 Å². The molecule has 1 saturated heterocycles. The summed E-state index contributed by atoms with van der Waals surface area (Å²) >= 11 is 0. The molecule has 0 N–H and O–H groups in total. The Morgan fingerprint density at radius 3 is 2.50 bits per heavy atom. The second-order valence-corrected chi connectivity index (χ2v) is 7.12. The molecule has 0 bridgehead atoms. The normalized spacial score (nSPS) is 17.8. The zero-order chi connectivity index (χ0) is 19.3. The molecular weight excluding hydrogens is 338 g/mol. The van der Waals surface area contributed by atoms with Gasteiger partial charge in [-0.15, -0.1) is 0 Å². The Hall–Kier alpha value is -2.35. The first-order valence-electron chi connectivity index (χ1n) is 8.53. The van der Waals surface area contributed by atoms with Gasteiger partial charge in [0.15, 0.2) is 0 Å². The van der Waals surface area contributed by atoms with Crippen molar-refractivity contribution in [3.05, 3.63) is 24.0 Å². The molecule has 8 heteroatoms. The maximum Gasteiger partial charge on any atom is 0.410 e. The smallest absolute Gasteiger partial charge is 0.410 e. The monoisotopic (exact) mass is 365 g/mol. The van der Waals surface area contributed by atoms with Crippen LogP contribution in [0.2, 0.25) is 0 Å². The zero-order valence-corrected chi connectivity index (χ0v) is 16.0. The van der Waals surface area contributed by atoms with Crippen LogP contribution in [0.25, 0.3) is 0 Å². The Kier molecular flexibility index (Phi) is 6.42. The van der Waals surface area contributed by atoms with E-state index < -0.39 is 11.6 Å². The topological polar surface area (TPSA) is 81.2 Å². The Bertz CT molecular complexity index is 627. The maximum atomic E-state index is 12.5. The van der Waals surface area contributed by atoms with Gasteiger partial charge >= 0.3 is 12.1 Å². The molecule has 1 aromatic heterocycles. The number of nitrogens with zero attached hydrogens (tertiary/aromatic N) is 3. The van der Waals surface area contributed by atoms with E-state index in [0.717, 1.165) is 5.69 Å². The Morgan fingerprint density at radius 2 is 1.96 bits per heavy atom. The van der Waals surface area contributed by atoms with Gasteiger partial charge in [0.25, 0.3) is 0 Å². The molecule has 1 aliphatic rings. The second-order valence-electron chi connectivity index (χ2n) is 7.12. The average Bonchev–Trinajstić information content (AvgIpc) is 2.60. The molecule has 0 radical (unpaired) electrons. The van der Waals surface area contributed by atoms with Gasteiger partial charge in [0.1, 0.15) is 11.3 Å². The van der Waals surface area contributed by atoms with Crippen LogP contribution in [0.1, 0.15) is 31.3 Å². The highest BCUT2D eigenvalue weighted by atomic mass is 16.6. The summed E-state index contributed by atoms with van der Waals surface area (Å²) in [5.74, 6) is -0.469. The van der Waals surface area contributed by atoms with Crippen LogP contribution >= 0.6 is 0 Å². The summed E-state index contributed by atoms with van der Waals surface area (Å²) in [5, 5.41) is 0. The van der Waals surface area contributed by atoms with E-state index in [2.05, 4.69) is 14.6 Å². The van der Waals surface area contributed by atoms with E-state index in [9.17, 15) is 9.59 Å². The summed E-state index contributed by atoms with van der Waals surface area (Å²) < 4.78 is 15.4. The van der Waals surface area contributed by atoms with Gasteiger partial charge in [-0.2, -0.15) is 0 Å². The van der Waals surface area contributed by atoms with Crippen LogP contribution in [0.5, 0.6) is 0 Å². The van der Waals surface area contributed by atoms with Crippen molar-refractivity contribution in [3.8, 4) is 0 Å². The fraction of sp³-hybridized carbons (Fsp3) is 0.611. The van der Waals surface area contributed by atoms with Gasteiger partial charge in [-0.25, -0.2) is 14.6 Å². The first-order chi connectivity index (χ1) is 12.2. The van der Waals surface area contributed by atoms with E-state index in [1.165, 1.54) is 7.11 Å². The minimum atomic E-state index is -0.542. The number of esters is 1. The van der Waals surface area contributed by atoms with Gasteiger partial charge < -0.3 is 19.1 Å². The van der Waals surface area contributed by atoms with E-state index in [1.807, 2.05) is 26.8 Å². The maximum absolute atomic E-state index is 12.5. The van der Waals surface area contributed by atoms with Crippen molar-refractivity contribution in [2.24, 2.45) is 0 Å². The van der Waals surface area contributed by atoms with E-state index in [0.29, 0.717) is 26.2 Å². The highest BCUT2D eigenvalue weighted by molar-refractivity contribution is 5.87. The fourth-order valence-corrected chi connectivity index (χ4v) is 2.78. The Morgan fingerprint density at radius 1 is 1.23 bits per heavy atom. The van der Waals surface area contributed by atoms with Crippen LogP contribution in [0.4, 0.5) is 10.5 Å². The quantitative estimate of drug-likeness (QED) is 0.754. The van der Waals surface area contributed by atoms with Crippen molar-refractivity contribution in [1.29, 1.82) is 0 Å². The molecule has 0 aromatic carbocycles. The molecule has 26 heavy (non-hydrogen) atoms. The molecule has 1 aliphatic heterocycles. The molecule has 0 aliphatic carbocycles. The predicted octanol–water partition coefficient (Wildman–Crippen LogP) is 1.94. The second kappa shape index (κ2) is 8.35. The average molecular weight is 365 g/mol. The van der Waals surface area contributed by atoms with Gasteiger partial charge in [0.05, 0.1) is 31.6 Å². The number of pyridine rings is 1. The number of ether oxygens (including phenoxy) is 3. The lowest BCUT2D eigenvalue weighted by molar-refractivity contribution is 0.00341. The number of hydrogen-bond acceptors (Lipinski definition) is 7. The number of carbonyl (C=O) groups is 2. The molecule has 0 spiro atoms. The van der Waals surface area contributed by atoms with Crippen molar-refractivity contribution in [2.75, 3.05) is 45.4 Å². The molecule has 1 unspecified atom stereocenters. The van der Waals surface area contributed by atoms with Crippen LogP contribution in [-0.4, -0.2) is 74.1 Å². The predicted molar refractivity (Wildman–Crippen MR) is 96.4 cm³/mol. The lowest BCUT2D eigenvalue weighted by Crippen LogP contribution is -2.57. The van der Waals surface area contributed by atoms with Gasteiger partial charge in [0, 0.05) is 26.7 Å². The van der Waals surface area contributed by atoms with Crippen LogP contribution in [0.15, 0.2) is 18.3 Å². The number of amides is 1. The summed E-state index contributed by atoms with van der Waals surface area (Å²) in [5.41, 5.74) is 0.596. The summed E-state index contributed by atoms with van der Waals surface area (Å²) in [6.07, 6.45) is 1.30. The number of hydrogen-bond donors (Lipinski definition) is 0. The van der Waals surface area contributed by atoms with Crippen LogP contribution < -0.4 is 4.90 Å². The Balaban J connectivity index is 2.09. The number of rotatable bonds is 4. The lowest BCUT2D eigenvalue weighted by atomic mass is 10.1. The highest BCUT2D eigenvalue weighted by Crippen LogP contribution is 2.21. The minimum Gasteiger partial charge on any atom is -0.464 e. The third kappa shape index (κ3) is 5.08. The van der Waals surface area contributed by atoms with Gasteiger partial charge in [0.2, 0.25) is 0 Å². The van der Waals surface area contributed by atoms with Gasteiger partial charge in [-0.05, 0) is 32.9 Å². The van der Waals surface area contributed by atoms with E-state index >= 15 is 0 Å². The SMILES string of the molecule is COCC1CN(c2ccc(C(=O)OC)nc2)CCN1C(=O)OC(C)(C)C. The van der Waals surface area contributed by atoms with Crippen molar-refractivity contribution < 1.29 is 23.8 Å². The summed E-state index contributed by atoms with van der Waals surface area (Å²) in [6.45, 7) is 7.69.